The van der Waals surface area contributed by atoms with Crippen LogP contribution >= 0.6 is 22.6 Å². The summed E-state index contributed by atoms with van der Waals surface area (Å²) in [6, 6.07) is 4.09. The van der Waals surface area contributed by atoms with Crippen LogP contribution < -0.4 is 4.90 Å². The normalized spacial score (nSPS) is 16.7. The molecule has 0 N–H and O–H groups in total. The largest absolute Gasteiger partial charge is 0.308 e. The molecule has 134 valence electrons. The van der Waals surface area contributed by atoms with E-state index in [1.807, 2.05) is 45.9 Å². The van der Waals surface area contributed by atoms with Crippen molar-refractivity contribution < 1.29 is 4.79 Å². The standard InChI is InChI=1S/C21H22IN3O/c1-7-9-20(26)25(19-12-13(3)16(22)10-14(19)4)21-15(5)11-18(23-6)17(8-2)24-21/h8,10-12H,1-6H3/b17-8+,23-18?. The highest BCUT2D eigenvalue weighted by atomic mass is 127. The van der Waals surface area contributed by atoms with Crippen LogP contribution in [0.4, 0.5) is 5.69 Å². The molecular formula is C21H22IN3O. The maximum Gasteiger partial charge on any atom is 0.308 e. The van der Waals surface area contributed by atoms with Crippen LogP contribution in [0.25, 0.3) is 0 Å². The fraction of sp³-hybridized carbons (Fsp3) is 0.286. The fourth-order valence-electron chi connectivity index (χ4n) is 2.71. The highest BCUT2D eigenvalue weighted by molar-refractivity contribution is 14.1. The third kappa shape index (κ3) is 3.96. The molecule has 1 aliphatic rings. The molecule has 1 aromatic carbocycles. The molecule has 1 heterocycles. The molecular weight excluding hydrogens is 437 g/mol. The second-order valence-corrected chi connectivity index (χ2v) is 7.11. The lowest BCUT2D eigenvalue weighted by Gasteiger charge is -2.27. The van der Waals surface area contributed by atoms with E-state index in [0.717, 1.165) is 37.4 Å². The van der Waals surface area contributed by atoms with Crippen LogP contribution in [-0.2, 0) is 4.79 Å². The zero-order valence-corrected chi connectivity index (χ0v) is 18.1. The molecule has 1 aliphatic heterocycles. The van der Waals surface area contributed by atoms with Gasteiger partial charge in [0.2, 0.25) is 0 Å². The number of amidine groups is 1. The van der Waals surface area contributed by atoms with Gasteiger partial charge < -0.3 is 0 Å². The molecule has 0 fully saturated rings. The van der Waals surface area contributed by atoms with E-state index < -0.39 is 0 Å². The van der Waals surface area contributed by atoms with E-state index in [1.54, 1.807) is 18.9 Å². The molecule has 0 unspecified atom stereocenters. The van der Waals surface area contributed by atoms with Gasteiger partial charge in [-0.15, -0.1) is 0 Å². The average molecular weight is 459 g/mol. The van der Waals surface area contributed by atoms with Crippen LogP contribution in [0.15, 0.2) is 45.5 Å². The molecule has 0 saturated carbocycles. The number of carbonyl (C=O) groups excluding carboxylic acids is 1. The number of hydrogen-bond acceptors (Lipinski definition) is 3. The van der Waals surface area contributed by atoms with E-state index in [9.17, 15) is 4.79 Å². The first kappa shape index (κ1) is 20.1. The van der Waals surface area contributed by atoms with E-state index in [0.29, 0.717) is 5.84 Å². The Hall–Kier alpha value is -2.20. The Bertz CT molecular complexity index is 940. The van der Waals surface area contributed by atoms with Crippen LogP contribution in [-0.4, -0.2) is 24.5 Å². The van der Waals surface area contributed by atoms with Gasteiger partial charge in [-0.3, -0.25) is 14.7 Å². The predicted octanol–water partition coefficient (Wildman–Crippen LogP) is 4.60. The minimum absolute atomic E-state index is 0.296. The molecule has 1 aromatic rings. The van der Waals surface area contributed by atoms with E-state index in [1.165, 1.54) is 0 Å². The smallest absolute Gasteiger partial charge is 0.286 e. The number of aliphatic imine (C=N–C) groups is 2. The van der Waals surface area contributed by atoms with Gasteiger partial charge in [0.15, 0.2) is 0 Å². The van der Waals surface area contributed by atoms with Gasteiger partial charge in [0.25, 0.3) is 0 Å². The van der Waals surface area contributed by atoms with Crippen molar-refractivity contribution in [3.05, 3.63) is 50.3 Å². The van der Waals surface area contributed by atoms with Crippen LogP contribution in [0.1, 0.15) is 31.9 Å². The maximum absolute atomic E-state index is 12.9. The Morgan fingerprint density at radius 1 is 1.27 bits per heavy atom. The van der Waals surface area contributed by atoms with Gasteiger partial charge in [0, 0.05) is 10.6 Å². The maximum atomic E-state index is 12.9. The highest BCUT2D eigenvalue weighted by Gasteiger charge is 2.27. The van der Waals surface area contributed by atoms with E-state index in [-0.39, 0.29) is 5.91 Å². The molecule has 26 heavy (non-hydrogen) atoms. The zero-order valence-electron chi connectivity index (χ0n) is 15.9. The second-order valence-electron chi connectivity index (χ2n) is 5.95. The van der Waals surface area contributed by atoms with Gasteiger partial charge in [-0.1, -0.05) is 12.0 Å². The van der Waals surface area contributed by atoms with E-state index in [4.69, 9.17) is 4.99 Å². The Morgan fingerprint density at radius 2 is 1.96 bits per heavy atom. The number of allylic oxidation sites excluding steroid dienone is 2. The monoisotopic (exact) mass is 459 g/mol. The van der Waals surface area contributed by atoms with Crippen LogP contribution in [0.2, 0.25) is 0 Å². The van der Waals surface area contributed by atoms with Crippen LogP contribution in [0.5, 0.6) is 0 Å². The molecule has 0 atom stereocenters. The lowest BCUT2D eigenvalue weighted by Crippen LogP contribution is -2.39. The van der Waals surface area contributed by atoms with Crippen molar-refractivity contribution >= 4 is 45.7 Å². The number of nitrogens with zero attached hydrogens (tertiary/aromatic N) is 3. The first-order valence-corrected chi connectivity index (χ1v) is 9.36. The van der Waals surface area contributed by atoms with Crippen molar-refractivity contribution in [1.82, 2.24) is 0 Å². The Labute approximate surface area is 168 Å². The van der Waals surface area contributed by atoms with Crippen molar-refractivity contribution in [2.45, 2.75) is 34.6 Å². The first-order chi connectivity index (χ1) is 12.3. The number of anilines is 1. The van der Waals surface area contributed by atoms with Gasteiger partial charge in [-0.2, -0.15) is 0 Å². The summed E-state index contributed by atoms with van der Waals surface area (Å²) >= 11 is 2.30. The lowest BCUT2D eigenvalue weighted by atomic mass is 10.0. The molecule has 0 saturated heterocycles. The van der Waals surface area contributed by atoms with E-state index >= 15 is 0 Å². The molecule has 2 rings (SSSR count). The minimum atomic E-state index is -0.296. The van der Waals surface area contributed by atoms with E-state index in [2.05, 4.69) is 45.5 Å². The van der Waals surface area contributed by atoms with Gasteiger partial charge in [-0.25, -0.2) is 4.99 Å². The number of benzene rings is 1. The Balaban J connectivity index is 2.73. The van der Waals surface area contributed by atoms with Crippen molar-refractivity contribution in [2.75, 3.05) is 11.9 Å². The van der Waals surface area contributed by atoms with Gasteiger partial charge >= 0.3 is 5.91 Å². The number of hydrogen-bond donors (Lipinski definition) is 0. The Kier molecular flexibility index (Phi) is 6.54. The van der Waals surface area contributed by atoms with Gasteiger partial charge in [0.1, 0.15) is 5.84 Å². The fourth-order valence-corrected chi connectivity index (χ4v) is 3.33. The molecule has 0 bridgehead atoms. The summed E-state index contributed by atoms with van der Waals surface area (Å²) in [7, 11) is 1.74. The van der Waals surface area contributed by atoms with Crippen molar-refractivity contribution in [2.24, 2.45) is 9.98 Å². The van der Waals surface area contributed by atoms with Crippen LogP contribution in [0, 0.1) is 29.3 Å². The zero-order chi connectivity index (χ0) is 19.4. The Morgan fingerprint density at radius 3 is 2.54 bits per heavy atom. The lowest BCUT2D eigenvalue weighted by molar-refractivity contribution is -0.112. The third-order valence-electron chi connectivity index (χ3n) is 4.07. The van der Waals surface area contributed by atoms with Crippen molar-refractivity contribution in [1.29, 1.82) is 0 Å². The molecule has 0 aromatic heterocycles. The first-order valence-electron chi connectivity index (χ1n) is 8.28. The number of aryl methyl sites for hydroxylation is 2. The summed E-state index contributed by atoms with van der Waals surface area (Å²) < 4.78 is 1.16. The summed E-state index contributed by atoms with van der Waals surface area (Å²) in [6.45, 7) is 9.53. The summed E-state index contributed by atoms with van der Waals surface area (Å²) in [5.74, 6) is 5.65. The molecule has 0 spiro atoms. The molecule has 5 heteroatoms. The molecule has 0 radical (unpaired) electrons. The summed E-state index contributed by atoms with van der Waals surface area (Å²) in [5.41, 5.74) is 5.33. The highest BCUT2D eigenvalue weighted by Crippen LogP contribution is 2.29. The minimum Gasteiger partial charge on any atom is -0.286 e. The topological polar surface area (TPSA) is 45.0 Å². The summed E-state index contributed by atoms with van der Waals surface area (Å²) in [6.07, 6.45) is 3.84. The average Bonchev–Trinajstić information content (AvgIpc) is 2.60. The van der Waals surface area contributed by atoms with Gasteiger partial charge in [0.05, 0.1) is 17.1 Å². The predicted molar refractivity (Wildman–Crippen MR) is 118 cm³/mol. The molecule has 4 nitrogen and oxygen atoms in total. The summed E-state index contributed by atoms with van der Waals surface area (Å²) in [5, 5.41) is 0. The number of rotatable bonds is 1. The molecule has 0 aliphatic carbocycles. The second kappa shape index (κ2) is 8.45. The SMILES string of the molecule is CC#CC(=O)N(C1=N/C(=C/C)C(=NC)C=C1C)c1cc(C)c(I)cc1C. The number of carbonyl (C=O) groups is 1. The number of amides is 1. The number of halogens is 1. The van der Waals surface area contributed by atoms with Gasteiger partial charge in [-0.05, 0) is 98.0 Å². The number of dihydropyridines is 1. The summed E-state index contributed by atoms with van der Waals surface area (Å²) in [4.78, 5) is 23.5. The van der Waals surface area contributed by atoms with Crippen molar-refractivity contribution in [3.63, 3.8) is 0 Å². The quantitative estimate of drug-likeness (QED) is 0.448. The van der Waals surface area contributed by atoms with Crippen molar-refractivity contribution in [3.8, 4) is 11.8 Å². The third-order valence-corrected chi connectivity index (χ3v) is 5.24. The van der Waals surface area contributed by atoms with Crippen LogP contribution in [0.3, 0.4) is 0 Å². The molecule has 1 amide bonds.